The van der Waals surface area contributed by atoms with E-state index in [0.717, 1.165) is 36.7 Å². The molecule has 0 aliphatic heterocycles. The minimum absolute atomic E-state index is 0. The first-order chi connectivity index (χ1) is 10.3. The van der Waals surface area contributed by atoms with Crippen LogP contribution in [0.5, 0.6) is 0 Å². The van der Waals surface area contributed by atoms with E-state index >= 15 is 0 Å². The molecule has 0 amide bonds. The van der Waals surface area contributed by atoms with Crippen molar-refractivity contribution in [3.05, 3.63) is 35.9 Å². The number of nitrogens with zero attached hydrogens (tertiary/aromatic N) is 1. The molecule has 0 aromatic heterocycles. The number of halogens is 1. The number of rotatable bonds is 6. The molecule has 5 heteroatoms. The normalized spacial score (nSPS) is 18.1. The maximum Gasteiger partial charge on any atom is 0.343 e. The largest absolute Gasteiger partial charge is 1.00 e. The van der Waals surface area contributed by atoms with E-state index in [2.05, 4.69) is 0 Å². The van der Waals surface area contributed by atoms with E-state index in [9.17, 15) is 9.90 Å². The molecule has 2 rings (SSSR count). The van der Waals surface area contributed by atoms with Crippen LogP contribution in [0.2, 0.25) is 0 Å². The zero-order valence-electron chi connectivity index (χ0n) is 14.3. The van der Waals surface area contributed by atoms with Gasteiger partial charge in [0.25, 0.3) is 0 Å². The van der Waals surface area contributed by atoms with Crippen molar-refractivity contribution in [2.75, 3.05) is 34.3 Å². The summed E-state index contributed by atoms with van der Waals surface area (Å²) in [5.74, 6) is -0.550. The van der Waals surface area contributed by atoms with Crippen LogP contribution < -0.4 is 12.4 Å². The van der Waals surface area contributed by atoms with Crippen LogP contribution in [0.3, 0.4) is 0 Å². The molecule has 1 atom stereocenters. The van der Waals surface area contributed by atoms with Crippen molar-refractivity contribution in [3.63, 3.8) is 0 Å². The molecular formula is C18H28ClNO3. The molecule has 1 unspecified atom stereocenters. The maximum absolute atomic E-state index is 12.7. The molecule has 0 heterocycles. The maximum atomic E-state index is 12.7. The summed E-state index contributed by atoms with van der Waals surface area (Å²) < 4.78 is 6.17. The molecule has 130 valence electrons. The molecule has 1 aromatic rings. The number of quaternary nitrogens is 1. The Hall–Kier alpha value is -1.10. The van der Waals surface area contributed by atoms with Crippen molar-refractivity contribution in [3.8, 4) is 0 Å². The molecular weight excluding hydrogens is 314 g/mol. The Morgan fingerprint density at radius 3 is 2.30 bits per heavy atom. The smallest absolute Gasteiger partial charge is 0.343 e. The second-order valence-corrected chi connectivity index (χ2v) is 7.26. The molecule has 1 aromatic carbocycles. The van der Waals surface area contributed by atoms with Crippen molar-refractivity contribution in [1.29, 1.82) is 0 Å². The first kappa shape index (κ1) is 19.9. The fourth-order valence-electron chi connectivity index (χ4n) is 3.08. The summed E-state index contributed by atoms with van der Waals surface area (Å²) >= 11 is 0. The van der Waals surface area contributed by atoms with Crippen LogP contribution >= 0.6 is 0 Å². The van der Waals surface area contributed by atoms with Crippen molar-refractivity contribution >= 4 is 5.97 Å². The SMILES string of the molecule is C[N+](C)(C)CCOC(=O)C(O)(c1ccccc1)C1CCCC1.[Cl-]. The van der Waals surface area contributed by atoms with Gasteiger partial charge in [-0.3, -0.25) is 0 Å². The summed E-state index contributed by atoms with van der Waals surface area (Å²) in [6, 6.07) is 9.24. The lowest BCUT2D eigenvalue weighted by Crippen LogP contribution is -3.00. The average molecular weight is 342 g/mol. The van der Waals surface area contributed by atoms with Gasteiger partial charge < -0.3 is 26.7 Å². The number of hydrogen-bond acceptors (Lipinski definition) is 3. The summed E-state index contributed by atoms with van der Waals surface area (Å²) in [5, 5.41) is 11.2. The van der Waals surface area contributed by atoms with Gasteiger partial charge in [0.15, 0.2) is 5.60 Å². The molecule has 1 aliphatic carbocycles. The molecule has 1 N–H and O–H groups in total. The Morgan fingerprint density at radius 1 is 1.22 bits per heavy atom. The van der Waals surface area contributed by atoms with Crippen molar-refractivity contribution in [1.82, 2.24) is 0 Å². The third-order valence-electron chi connectivity index (χ3n) is 4.47. The van der Waals surface area contributed by atoms with Crippen LogP contribution in [0.25, 0.3) is 0 Å². The summed E-state index contributed by atoms with van der Waals surface area (Å²) in [7, 11) is 6.15. The molecule has 1 fully saturated rings. The van der Waals surface area contributed by atoms with Crippen LogP contribution in [0.15, 0.2) is 30.3 Å². The Balaban J connectivity index is 0.00000264. The third-order valence-corrected chi connectivity index (χ3v) is 4.47. The van der Waals surface area contributed by atoms with Gasteiger partial charge in [0.1, 0.15) is 13.2 Å². The lowest BCUT2D eigenvalue weighted by Gasteiger charge is -2.32. The zero-order valence-corrected chi connectivity index (χ0v) is 15.1. The van der Waals surface area contributed by atoms with Gasteiger partial charge in [-0.2, -0.15) is 0 Å². The van der Waals surface area contributed by atoms with E-state index in [1.807, 2.05) is 51.5 Å². The van der Waals surface area contributed by atoms with Gasteiger partial charge in [0.05, 0.1) is 21.1 Å². The number of aliphatic hydroxyl groups is 1. The Kier molecular flexibility index (Phi) is 7.05. The highest BCUT2D eigenvalue weighted by molar-refractivity contribution is 5.81. The van der Waals surface area contributed by atoms with E-state index in [0.29, 0.717) is 12.2 Å². The number of esters is 1. The Morgan fingerprint density at radius 2 is 1.78 bits per heavy atom. The number of hydrogen-bond donors (Lipinski definition) is 1. The lowest BCUT2D eigenvalue weighted by molar-refractivity contribution is -0.870. The van der Waals surface area contributed by atoms with Crippen LogP contribution in [0.4, 0.5) is 0 Å². The predicted octanol–water partition coefficient (Wildman–Crippen LogP) is -0.682. The topological polar surface area (TPSA) is 46.5 Å². The van der Waals surface area contributed by atoms with Crippen molar-refractivity contribution in [2.45, 2.75) is 31.3 Å². The molecule has 1 aliphatic rings. The number of ether oxygens (including phenoxy) is 1. The summed E-state index contributed by atoms with van der Waals surface area (Å²) in [4.78, 5) is 12.7. The molecule has 1 saturated carbocycles. The monoisotopic (exact) mass is 341 g/mol. The number of carbonyl (C=O) groups excluding carboxylic acids is 1. The van der Waals surface area contributed by atoms with Gasteiger partial charge in [-0.05, 0) is 18.4 Å². The molecule has 0 radical (unpaired) electrons. The van der Waals surface area contributed by atoms with E-state index < -0.39 is 11.6 Å². The van der Waals surface area contributed by atoms with Crippen molar-refractivity contribution in [2.24, 2.45) is 5.92 Å². The minimum atomic E-state index is -1.51. The second kappa shape index (κ2) is 8.13. The van der Waals surface area contributed by atoms with E-state index in [1.165, 1.54) is 0 Å². The van der Waals surface area contributed by atoms with Gasteiger partial charge in [0, 0.05) is 5.92 Å². The standard InChI is InChI=1S/C18H28NO3.ClH/c1-19(2,3)13-14-22-17(20)18(21,16-11-7-8-12-16)15-9-5-4-6-10-15;/h4-6,9-10,16,21H,7-8,11-14H2,1-3H3;1H/q+1;/p-1. The molecule has 0 saturated heterocycles. The van der Waals surface area contributed by atoms with Crippen LogP contribution in [0.1, 0.15) is 31.2 Å². The highest BCUT2D eigenvalue weighted by atomic mass is 35.5. The lowest BCUT2D eigenvalue weighted by atomic mass is 9.80. The molecule has 23 heavy (non-hydrogen) atoms. The first-order valence-corrected chi connectivity index (χ1v) is 8.09. The van der Waals surface area contributed by atoms with Crippen LogP contribution in [0, 0.1) is 5.92 Å². The third kappa shape index (κ3) is 4.93. The van der Waals surface area contributed by atoms with Gasteiger partial charge in [-0.1, -0.05) is 43.2 Å². The molecule has 0 spiro atoms. The Bertz CT molecular complexity index is 495. The second-order valence-electron chi connectivity index (χ2n) is 7.26. The fraction of sp³-hybridized carbons (Fsp3) is 0.611. The van der Waals surface area contributed by atoms with Gasteiger partial charge in [-0.25, -0.2) is 4.79 Å². The quantitative estimate of drug-likeness (QED) is 0.551. The zero-order chi connectivity index (χ0) is 16.2. The highest BCUT2D eigenvalue weighted by Gasteiger charge is 2.47. The number of likely N-dealkylation sites (N-methyl/N-ethyl adjacent to an activating group) is 1. The highest BCUT2D eigenvalue weighted by Crippen LogP contribution is 2.41. The average Bonchev–Trinajstić information content (AvgIpc) is 3.00. The first-order valence-electron chi connectivity index (χ1n) is 8.09. The van der Waals surface area contributed by atoms with Crippen LogP contribution in [-0.2, 0) is 15.1 Å². The number of carbonyl (C=O) groups is 1. The van der Waals surface area contributed by atoms with Gasteiger partial charge >= 0.3 is 5.97 Å². The fourth-order valence-corrected chi connectivity index (χ4v) is 3.08. The minimum Gasteiger partial charge on any atom is -1.00 e. The van der Waals surface area contributed by atoms with Gasteiger partial charge in [-0.15, -0.1) is 0 Å². The molecule has 4 nitrogen and oxygen atoms in total. The summed E-state index contributed by atoms with van der Waals surface area (Å²) in [5.41, 5.74) is -0.861. The summed E-state index contributed by atoms with van der Waals surface area (Å²) in [6.45, 7) is 1.05. The predicted molar refractivity (Wildman–Crippen MR) is 86.2 cm³/mol. The van der Waals surface area contributed by atoms with Gasteiger partial charge in [0.2, 0.25) is 0 Å². The van der Waals surface area contributed by atoms with Crippen molar-refractivity contribution < 1.29 is 31.5 Å². The summed E-state index contributed by atoms with van der Waals surface area (Å²) in [6.07, 6.45) is 3.86. The van der Waals surface area contributed by atoms with E-state index in [-0.39, 0.29) is 18.3 Å². The van der Waals surface area contributed by atoms with E-state index in [1.54, 1.807) is 0 Å². The van der Waals surface area contributed by atoms with E-state index in [4.69, 9.17) is 4.74 Å². The van der Waals surface area contributed by atoms with Crippen LogP contribution in [-0.4, -0.2) is 49.9 Å². The Labute approximate surface area is 145 Å². The number of benzene rings is 1. The molecule has 0 bridgehead atoms.